The average molecular weight is 367 g/mol. The molecule has 3 heteroatoms. The highest BCUT2D eigenvalue weighted by Crippen LogP contribution is 2.31. The fourth-order valence-electron chi connectivity index (χ4n) is 3.55. The van der Waals surface area contributed by atoms with Crippen molar-refractivity contribution < 1.29 is 9.90 Å². The molecule has 0 aromatic heterocycles. The molecule has 0 bridgehead atoms. The van der Waals surface area contributed by atoms with Gasteiger partial charge in [-0.15, -0.1) is 0 Å². The van der Waals surface area contributed by atoms with E-state index < -0.39 is 5.24 Å². The molecule has 1 aromatic rings. The largest absolute Gasteiger partial charge is 0.393 e. The lowest BCUT2D eigenvalue weighted by Gasteiger charge is -2.21. The number of aliphatic hydroxyl groups is 1. The third kappa shape index (κ3) is 9.42. The summed E-state index contributed by atoms with van der Waals surface area (Å²) < 4.78 is 0. The maximum Gasteiger partial charge on any atom is 0.252 e. The molecule has 0 radical (unpaired) electrons. The Kier molecular flexibility index (Phi) is 11.9. The van der Waals surface area contributed by atoms with Gasteiger partial charge in [0.25, 0.3) is 5.24 Å². The summed E-state index contributed by atoms with van der Waals surface area (Å²) in [6.45, 7) is 4.06. The highest BCUT2D eigenvalue weighted by atomic mass is 35.5. The summed E-state index contributed by atoms with van der Waals surface area (Å²) in [6, 6.07) is 7.56. The second kappa shape index (κ2) is 13.4. The van der Waals surface area contributed by atoms with Crippen molar-refractivity contribution in [2.75, 3.05) is 0 Å². The Hall–Kier alpha value is -0.860. The van der Waals surface area contributed by atoms with Crippen molar-refractivity contribution in [2.24, 2.45) is 0 Å². The van der Waals surface area contributed by atoms with Crippen LogP contribution in [0.2, 0.25) is 0 Å². The molecule has 0 aliphatic heterocycles. The first-order chi connectivity index (χ1) is 12.1. The van der Waals surface area contributed by atoms with Crippen LogP contribution >= 0.6 is 11.6 Å². The summed E-state index contributed by atoms with van der Waals surface area (Å²) in [7, 11) is 0. The molecule has 0 heterocycles. The van der Waals surface area contributed by atoms with Crippen LogP contribution in [0, 0.1) is 0 Å². The van der Waals surface area contributed by atoms with Gasteiger partial charge in [0.15, 0.2) is 0 Å². The van der Waals surface area contributed by atoms with Gasteiger partial charge >= 0.3 is 0 Å². The van der Waals surface area contributed by atoms with Gasteiger partial charge in [-0.3, -0.25) is 4.79 Å². The van der Waals surface area contributed by atoms with E-state index in [2.05, 4.69) is 6.92 Å². The van der Waals surface area contributed by atoms with Crippen molar-refractivity contribution in [3.63, 3.8) is 0 Å². The first-order valence-electron chi connectivity index (χ1n) is 10.0. The summed E-state index contributed by atoms with van der Waals surface area (Å²) in [4.78, 5) is 11.7. The molecule has 1 N–H and O–H groups in total. The van der Waals surface area contributed by atoms with Crippen LogP contribution in [-0.4, -0.2) is 16.5 Å². The van der Waals surface area contributed by atoms with Crippen LogP contribution in [0.15, 0.2) is 24.3 Å². The molecule has 2 nitrogen and oxygen atoms in total. The SMILES string of the molecule is CCCCCCCCCCCC(CC(C)O)c1ccccc1C(=O)Cl. The van der Waals surface area contributed by atoms with Crippen LogP contribution in [0.25, 0.3) is 0 Å². The molecule has 2 atom stereocenters. The van der Waals surface area contributed by atoms with E-state index in [1.807, 2.05) is 25.1 Å². The average Bonchev–Trinajstić information content (AvgIpc) is 2.59. The zero-order chi connectivity index (χ0) is 18.5. The van der Waals surface area contributed by atoms with Crippen LogP contribution in [0.3, 0.4) is 0 Å². The smallest absolute Gasteiger partial charge is 0.252 e. The topological polar surface area (TPSA) is 37.3 Å². The highest BCUT2D eigenvalue weighted by molar-refractivity contribution is 6.67. The minimum atomic E-state index is -0.404. The maximum absolute atomic E-state index is 11.7. The van der Waals surface area contributed by atoms with Crippen LogP contribution in [0.4, 0.5) is 0 Å². The molecule has 0 amide bonds. The van der Waals surface area contributed by atoms with Gasteiger partial charge in [-0.25, -0.2) is 0 Å². The van der Waals surface area contributed by atoms with E-state index in [0.29, 0.717) is 12.0 Å². The third-order valence-electron chi connectivity index (χ3n) is 4.89. The van der Waals surface area contributed by atoms with E-state index in [0.717, 1.165) is 18.4 Å². The number of hydrogen-bond donors (Lipinski definition) is 1. The van der Waals surface area contributed by atoms with Gasteiger partial charge in [0.05, 0.1) is 6.10 Å². The van der Waals surface area contributed by atoms with Gasteiger partial charge in [-0.2, -0.15) is 0 Å². The molecule has 0 saturated carbocycles. The van der Waals surface area contributed by atoms with Crippen molar-refractivity contribution in [2.45, 2.75) is 96.5 Å². The van der Waals surface area contributed by atoms with Gasteiger partial charge < -0.3 is 5.11 Å². The molecule has 142 valence electrons. The normalized spacial score (nSPS) is 13.6. The van der Waals surface area contributed by atoms with E-state index in [1.54, 1.807) is 6.07 Å². The van der Waals surface area contributed by atoms with Gasteiger partial charge in [0, 0.05) is 5.56 Å². The molecule has 25 heavy (non-hydrogen) atoms. The second-order valence-electron chi connectivity index (χ2n) is 7.26. The van der Waals surface area contributed by atoms with Crippen molar-refractivity contribution >= 4 is 16.8 Å². The second-order valence-corrected chi connectivity index (χ2v) is 7.60. The molecule has 1 rings (SSSR count). The standard InChI is InChI=1S/C22H35ClO2/c1-3-4-5-6-7-8-9-10-11-14-19(17-18(2)24)20-15-12-13-16-21(20)22(23)25/h12-13,15-16,18-19,24H,3-11,14,17H2,1-2H3. The molecular weight excluding hydrogens is 332 g/mol. The molecule has 0 spiro atoms. The van der Waals surface area contributed by atoms with E-state index in [1.165, 1.54) is 51.4 Å². The summed E-state index contributed by atoms with van der Waals surface area (Å²) in [5.41, 5.74) is 1.58. The molecule has 0 aliphatic rings. The Balaban J connectivity index is 2.43. The van der Waals surface area contributed by atoms with E-state index in [9.17, 15) is 9.90 Å². The summed E-state index contributed by atoms with van der Waals surface area (Å²) >= 11 is 5.74. The van der Waals surface area contributed by atoms with Crippen molar-refractivity contribution in [1.29, 1.82) is 0 Å². The monoisotopic (exact) mass is 366 g/mol. The van der Waals surface area contributed by atoms with Crippen molar-refractivity contribution in [3.05, 3.63) is 35.4 Å². The highest BCUT2D eigenvalue weighted by Gasteiger charge is 2.19. The lowest BCUT2D eigenvalue weighted by Crippen LogP contribution is -2.12. The predicted molar refractivity (Wildman–Crippen MR) is 108 cm³/mol. The molecule has 2 unspecified atom stereocenters. The number of unbranched alkanes of at least 4 members (excludes halogenated alkanes) is 8. The van der Waals surface area contributed by atoms with E-state index >= 15 is 0 Å². The summed E-state index contributed by atoms with van der Waals surface area (Å²) in [6.07, 6.45) is 13.0. The minimum Gasteiger partial charge on any atom is -0.393 e. The Morgan fingerprint density at radius 1 is 1.00 bits per heavy atom. The van der Waals surface area contributed by atoms with Gasteiger partial charge in [-0.05, 0) is 48.9 Å². The predicted octanol–water partition coefficient (Wildman–Crippen LogP) is 6.84. The van der Waals surface area contributed by atoms with Crippen LogP contribution in [0.1, 0.15) is 106 Å². The Morgan fingerprint density at radius 3 is 2.12 bits per heavy atom. The summed E-state index contributed by atoms with van der Waals surface area (Å²) in [5, 5.41) is 9.43. The number of aliphatic hydroxyl groups excluding tert-OH is 1. The number of rotatable bonds is 14. The number of benzene rings is 1. The van der Waals surface area contributed by atoms with E-state index in [-0.39, 0.29) is 12.0 Å². The zero-order valence-electron chi connectivity index (χ0n) is 16.0. The molecule has 0 aliphatic carbocycles. The van der Waals surface area contributed by atoms with Gasteiger partial charge in [-0.1, -0.05) is 82.9 Å². The third-order valence-corrected chi connectivity index (χ3v) is 5.10. The zero-order valence-corrected chi connectivity index (χ0v) is 16.7. The molecular formula is C22H35ClO2. The first-order valence-corrected chi connectivity index (χ1v) is 10.4. The quantitative estimate of drug-likeness (QED) is 0.289. The fraction of sp³-hybridized carbons (Fsp3) is 0.682. The first kappa shape index (κ1) is 22.2. The number of hydrogen-bond acceptors (Lipinski definition) is 2. The summed E-state index contributed by atoms with van der Waals surface area (Å²) in [5.74, 6) is 0.198. The maximum atomic E-state index is 11.7. The van der Waals surface area contributed by atoms with Crippen LogP contribution in [0.5, 0.6) is 0 Å². The van der Waals surface area contributed by atoms with Crippen molar-refractivity contribution in [1.82, 2.24) is 0 Å². The molecule has 0 saturated heterocycles. The Bertz CT molecular complexity index is 485. The lowest BCUT2D eigenvalue weighted by atomic mass is 9.86. The van der Waals surface area contributed by atoms with Gasteiger partial charge in [0.2, 0.25) is 0 Å². The minimum absolute atomic E-state index is 0.198. The number of carbonyl (C=O) groups excluding carboxylic acids is 1. The lowest BCUT2D eigenvalue weighted by molar-refractivity contribution is 0.107. The van der Waals surface area contributed by atoms with E-state index in [4.69, 9.17) is 11.6 Å². The number of halogens is 1. The fourth-order valence-corrected chi connectivity index (χ4v) is 3.72. The Labute approximate surface area is 159 Å². The Morgan fingerprint density at radius 2 is 1.56 bits per heavy atom. The van der Waals surface area contributed by atoms with Crippen molar-refractivity contribution in [3.8, 4) is 0 Å². The van der Waals surface area contributed by atoms with Gasteiger partial charge in [0.1, 0.15) is 0 Å². The molecule has 0 fully saturated rings. The molecule has 1 aromatic carbocycles. The van der Waals surface area contributed by atoms with Crippen LogP contribution in [-0.2, 0) is 0 Å². The number of carbonyl (C=O) groups is 1. The van der Waals surface area contributed by atoms with Crippen LogP contribution < -0.4 is 0 Å².